The van der Waals surface area contributed by atoms with Crippen molar-refractivity contribution in [2.75, 3.05) is 11.2 Å². The number of anilines is 2. The summed E-state index contributed by atoms with van der Waals surface area (Å²) >= 11 is 0. The van der Waals surface area contributed by atoms with E-state index in [4.69, 9.17) is 5.73 Å². The predicted octanol–water partition coefficient (Wildman–Crippen LogP) is 3.54. The zero-order valence-electron chi connectivity index (χ0n) is 15.0. The Hall–Kier alpha value is -4.01. The second kappa shape index (κ2) is 6.95. The molecule has 140 valence electrons. The third kappa shape index (κ3) is 2.88. The van der Waals surface area contributed by atoms with Gasteiger partial charge in [-0.3, -0.25) is 15.5 Å². The van der Waals surface area contributed by atoms with E-state index in [0.29, 0.717) is 0 Å². The van der Waals surface area contributed by atoms with Gasteiger partial charge >= 0.3 is 5.69 Å². The normalized spacial score (nSPS) is 11.5. The summed E-state index contributed by atoms with van der Waals surface area (Å²) in [5.41, 5.74) is 10.9. The molecule has 0 saturated carbocycles. The minimum Gasteiger partial charge on any atom is -0.378 e. The Morgan fingerprint density at radius 3 is 2.79 bits per heavy atom. The topological polar surface area (TPSA) is 124 Å². The maximum Gasteiger partial charge on any atom is 0.354 e. The molecule has 0 saturated heterocycles. The van der Waals surface area contributed by atoms with Crippen molar-refractivity contribution in [1.29, 1.82) is 0 Å². The smallest absolute Gasteiger partial charge is 0.354 e. The van der Waals surface area contributed by atoms with Crippen LogP contribution in [-0.4, -0.2) is 25.7 Å². The molecule has 4 rings (SSSR count). The first kappa shape index (κ1) is 17.4. The largest absolute Gasteiger partial charge is 0.378 e. The Morgan fingerprint density at radius 1 is 1.21 bits per heavy atom. The highest BCUT2D eigenvalue weighted by atomic mass is 16.6. The van der Waals surface area contributed by atoms with E-state index in [-0.39, 0.29) is 11.6 Å². The van der Waals surface area contributed by atoms with Crippen LogP contribution in [0.4, 0.5) is 17.3 Å². The summed E-state index contributed by atoms with van der Waals surface area (Å²) in [5.74, 6) is -0.274. The first-order valence-corrected chi connectivity index (χ1v) is 8.65. The second-order valence-corrected chi connectivity index (χ2v) is 6.12. The summed E-state index contributed by atoms with van der Waals surface area (Å²) < 4.78 is 2.26. The maximum absolute atomic E-state index is 11.1. The number of hydrazone groups is 1. The molecule has 0 unspecified atom stereocenters. The van der Waals surface area contributed by atoms with Gasteiger partial charge in [-0.2, -0.15) is 5.10 Å². The summed E-state index contributed by atoms with van der Waals surface area (Å²) in [4.78, 5) is 18.0. The van der Waals surface area contributed by atoms with Gasteiger partial charge in [-0.15, -0.1) is 0 Å². The molecule has 0 fully saturated rings. The van der Waals surface area contributed by atoms with Crippen molar-refractivity contribution < 1.29 is 4.92 Å². The number of nitrogens with one attached hydrogen (secondary N) is 1. The lowest BCUT2D eigenvalue weighted by molar-refractivity contribution is -0.383. The highest BCUT2D eigenvalue weighted by Crippen LogP contribution is 2.29. The molecule has 0 atom stereocenters. The number of nitrogens with zero attached hydrogens (tertiary/aromatic N) is 5. The SMILES string of the molecule is CCn1c2ccccc2c2cc(/C=N\Nc3ncnc(N)c3[N+](=O)[O-])ccc21. The van der Waals surface area contributed by atoms with E-state index in [9.17, 15) is 10.1 Å². The Bertz CT molecular complexity index is 1230. The number of aryl methyl sites for hydroxylation is 1. The number of para-hydroxylation sites is 1. The van der Waals surface area contributed by atoms with Crippen LogP contribution in [0.2, 0.25) is 0 Å². The minimum atomic E-state index is -0.640. The van der Waals surface area contributed by atoms with E-state index in [1.165, 1.54) is 10.9 Å². The van der Waals surface area contributed by atoms with E-state index in [2.05, 4.69) is 44.1 Å². The number of rotatable bonds is 5. The van der Waals surface area contributed by atoms with Gasteiger partial charge in [0.1, 0.15) is 6.33 Å². The number of nitrogen functional groups attached to an aromatic ring is 1. The van der Waals surface area contributed by atoms with E-state index in [0.717, 1.165) is 29.3 Å². The number of nitro groups is 1. The van der Waals surface area contributed by atoms with E-state index in [1.54, 1.807) is 6.21 Å². The Labute approximate surface area is 159 Å². The highest BCUT2D eigenvalue weighted by molar-refractivity contribution is 6.09. The molecule has 3 N–H and O–H groups in total. The summed E-state index contributed by atoms with van der Waals surface area (Å²) in [6.45, 7) is 2.99. The summed E-state index contributed by atoms with van der Waals surface area (Å²) in [6, 6.07) is 14.3. The van der Waals surface area contributed by atoms with Gasteiger partial charge in [0.2, 0.25) is 11.6 Å². The Kier molecular flexibility index (Phi) is 4.32. The van der Waals surface area contributed by atoms with Crippen molar-refractivity contribution >= 4 is 45.3 Å². The second-order valence-electron chi connectivity index (χ2n) is 6.12. The van der Waals surface area contributed by atoms with Crippen LogP contribution in [-0.2, 0) is 6.54 Å². The van der Waals surface area contributed by atoms with Crippen molar-refractivity contribution in [3.8, 4) is 0 Å². The molecule has 4 aromatic rings. The minimum absolute atomic E-state index is 0.0580. The third-order valence-corrected chi connectivity index (χ3v) is 4.53. The zero-order valence-corrected chi connectivity index (χ0v) is 15.0. The fourth-order valence-corrected chi connectivity index (χ4v) is 3.31. The molecule has 0 radical (unpaired) electrons. The zero-order chi connectivity index (χ0) is 19.7. The first-order chi connectivity index (χ1) is 13.6. The van der Waals surface area contributed by atoms with Gasteiger partial charge in [0.15, 0.2) is 0 Å². The molecule has 2 aromatic heterocycles. The lowest BCUT2D eigenvalue weighted by atomic mass is 10.1. The highest BCUT2D eigenvalue weighted by Gasteiger charge is 2.20. The summed E-state index contributed by atoms with van der Waals surface area (Å²) in [5, 5.41) is 17.5. The van der Waals surface area contributed by atoms with Gasteiger partial charge in [0, 0.05) is 28.4 Å². The van der Waals surface area contributed by atoms with Gasteiger partial charge < -0.3 is 10.3 Å². The molecular formula is C19H17N7O2. The molecule has 2 heterocycles. The predicted molar refractivity (Wildman–Crippen MR) is 109 cm³/mol. The van der Waals surface area contributed by atoms with Crippen LogP contribution in [0.25, 0.3) is 21.8 Å². The molecule has 28 heavy (non-hydrogen) atoms. The fraction of sp³-hybridized carbons (Fsp3) is 0.105. The summed E-state index contributed by atoms with van der Waals surface area (Å²) in [7, 11) is 0. The van der Waals surface area contributed by atoms with Gasteiger partial charge in [-0.05, 0) is 30.7 Å². The quantitative estimate of drug-likeness (QED) is 0.312. The molecule has 0 spiro atoms. The van der Waals surface area contributed by atoms with E-state index < -0.39 is 10.6 Å². The van der Waals surface area contributed by atoms with Gasteiger partial charge in [0.05, 0.1) is 11.1 Å². The molecule has 0 aliphatic carbocycles. The van der Waals surface area contributed by atoms with Crippen molar-refractivity contribution in [1.82, 2.24) is 14.5 Å². The van der Waals surface area contributed by atoms with E-state index >= 15 is 0 Å². The molecule has 0 amide bonds. The van der Waals surface area contributed by atoms with Crippen LogP contribution < -0.4 is 11.2 Å². The molecular weight excluding hydrogens is 358 g/mol. The molecule has 0 bridgehead atoms. The maximum atomic E-state index is 11.1. The Balaban J connectivity index is 1.69. The fourth-order valence-electron chi connectivity index (χ4n) is 3.31. The van der Waals surface area contributed by atoms with E-state index in [1.807, 2.05) is 30.3 Å². The van der Waals surface area contributed by atoms with Crippen molar-refractivity contribution in [3.63, 3.8) is 0 Å². The summed E-state index contributed by atoms with van der Waals surface area (Å²) in [6.07, 6.45) is 2.73. The van der Waals surface area contributed by atoms with Crippen molar-refractivity contribution in [2.24, 2.45) is 5.10 Å². The average Bonchev–Trinajstić information content (AvgIpc) is 3.01. The first-order valence-electron chi connectivity index (χ1n) is 8.65. The van der Waals surface area contributed by atoms with Crippen LogP contribution in [0, 0.1) is 10.1 Å². The Morgan fingerprint density at radius 2 is 2.00 bits per heavy atom. The van der Waals surface area contributed by atoms with Crippen LogP contribution in [0.3, 0.4) is 0 Å². The number of fused-ring (bicyclic) bond motifs is 3. The van der Waals surface area contributed by atoms with Gasteiger partial charge in [-0.1, -0.05) is 24.3 Å². The van der Waals surface area contributed by atoms with Gasteiger partial charge in [-0.25, -0.2) is 9.97 Å². The van der Waals surface area contributed by atoms with Crippen LogP contribution in [0.1, 0.15) is 12.5 Å². The number of aromatic nitrogens is 3. The third-order valence-electron chi connectivity index (χ3n) is 4.53. The molecule has 0 aliphatic heterocycles. The molecule has 0 aliphatic rings. The molecule has 9 nitrogen and oxygen atoms in total. The molecule has 2 aromatic carbocycles. The van der Waals surface area contributed by atoms with Crippen LogP contribution in [0.15, 0.2) is 53.9 Å². The number of benzene rings is 2. The van der Waals surface area contributed by atoms with Crippen LogP contribution >= 0.6 is 0 Å². The lowest BCUT2D eigenvalue weighted by Crippen LogP contribution is -2.04. The number of nitrogens with two attached hydrogens (primary N) is 1. The lowest BCUT2D eigenvalue weighted by Gasteiger charge is -2.03. The molecule has 9 heteroatoms. The monoisotopic (exact) mass is 375 g/mol. The number of hydrogen-bond acceptors (Lipinski definition) is 7. The standard InChI is InChI=1S/C19H17N7O2/c1-2-25-15-6-4-3-5-13(15)14-9-12(7-8-16(14)25)10-23-24-19-17(26(27)28)18(20)21-11-22-19/h3-11H,2H2,1H3,(H3,20,21,22,24)/b23-10-. The van der Waals surface area contributed by atoms with Crippen LogP contribution in [0.5, 0.6) is 0 Å². The average molecular weight is 375 g/mol. The van der Waals surface area contributed by atoms with Crippen molar-refractivity contribution in [2.45, 2.75) is 13.5 Å². The number of hydrogen-bond donors (Lipinski definition) is 2. The van der Waals surface area contributed by atoms with Gasteiger partial charge in [0.25, 0.3) is 0 Å². The van der Waals surface area contributed by atoms with Crippen molar-refractivity contribution in [3.05, 3.63) is 64.5 Å².